The van der Waals surface area contributed by atoms with Crippen molar-refractivity contribution < 1.29 is 31.1 Å². The van der Waals surface area contributed by atoms with Crippen LogP contribution in [-0.2, 0) is 12.4 Å². The highest BCUT2D eigenvalue weighted by molar-refractivity contribution is 6.30. The van der Waals surface area contributed by atoms with Crippen LogP contribution >= 0.6 is 11.6 Å². The number of alkyl halides is 6. The summed E-state index contributed by atoms with van der Waals surface area (Å²) < 4.78 is 78.1. The molecule has 0 aliphatic carbocycles. The number of benzene rings is 1. The molecule has 0 aliphatic rings. The lowest BCUT2D eigenvalue weighted by molar-refractivity contribution is -0.143. The molecule has 2 heterocycles. The van der Waals surface area contributed by atoms with Gasteiger partial charge in [-0.15, -0.1) is 0 Å². The Morgan fingerprint density at radius 1 is 0.971 bits per heavy atom. The zero-order chi connectivity index (χ0) is 25.8. The molecule has 186 valence electrons. The summed E-state index contributed by atoms with van der Waals surface area (Å²) in [6.45, 7) is 1.92. The molecule has 5 nitrogen and oxygen atoms in total. The Hall–Kier alpha value is -3.21. The number of pyridine rings is 1. The second kappa shape index (κ2) is 10.6. The van der Waals surface area contributed by atoms with Gasteiger partial charge < -0.3 is 5.32 Å². The van der Waals surface area contributed by atoms with Gasteiger partial charge in [-0.2, -0.15) is 26.3 Å². The maximum atomic E-state index is 13.0. The van der Waals surface area contributed by atoms with Crippen LogP contribution < -0.4 is 5.32 Å². The Morgan fingerprint density at radius 2 is 1.60 bits per heavy atom. The van der Waals surface area contributed by atoms with Gasteiger partial charge in [0.1, 0.15) is 5.69 Å². The van der Waals surface area contributed by atoms with E-state index in [9.17, 15) is 31.1 Å². The summed E-state index contributed by atoms with van der Waals surface area (Å²) in [4.78, 5) is 25.2. The summed E-state index contributed by atoms with van der Waals surface area (Å²) in [7, 11) is 0. The summed E-state index contributed by atoms with van der Waals surface area (Å²) in [5.74, 6) is -1.15. The maximum absolute atomic E-state index is 13.0. The highest BCUT2D eigenvalue weighted by atomic mass is 35.5. The van der Waals surface area contributed by atoms with Crippen LogP contribution in [0, 0.1) is 0 Å². The van der Waals surface area contributed by atoms with Crippen LogP contribution in [0.15, 0.2) is 48.9 Å². The van der Waals surface area contributed by atoms with Gasteiger partial charge in [-0.25, -0.2) is 0 Å². The van der Waals surface area contributed by atoms with Crippen molar-refractivity contribution in [1.82, 2.24) is 20.3 Å². The number of nitrogens with one attached hydrogen (secondary N) is 1. The van der Waals surface area contributed by atoms with Crippen molar-refractivity contribution >= 4 is 17.5 Å². The number of aromatic nitrogens is 3. The first-order valence-electron chi connectivity index (χ1n) is 10.4. The van der Waals surface area contributed by atoms with E-state index in [0.717, 1.165) is 0 Å². The van der Waals surface area contributed by atoms with Gasteiger partial charge in [0.15, 0.2) is 0 Å². The van der Waals surface area contributed by atoms with Crippen molar-refractivity contribution in [2.45, 2.75) is 38.0 Å². The first-order valence-corrected chi connectivity index (χ1v) is 10.7. The first-order chi connectivity index (χ1) is 16.4. The molecule has 0 radical (unpaired) electrons. The molecule has 1 unspecified atom stereocenters. The smallest absolute Gasteiger partial charge is 0.352 e. The molecule has 2 aromatic heterocycles. The number of carbonyl (C=O) groups is 1. The van der Waals surface area contributed by atoms with Crippen LogP contribution in [0.1, 0.15) is 52.9 Å². The second-order valence-corrected chi connectivity index (χ2v) is 8.18. The summed E-state index contributed by atoms with van der Waals surface area (Å²) in [6, 6.07) is 4.15. The SMILES string of the molecule is CC(CCCNC(=O)c1cc(C(F)(F)F)cc(C(F)(F)F)c1)c1nccnc1-c1ccc(Cl)cn1. The number of nitrogens with zero attached hydrogens (tertiary/aromatic N) is 3. The number of carbonyl (C=O) groups excluding carboxylic acids is 1. The fourth-order valence-electron chi connectivity index (χ4n) is 3.36. The van der Waals surface area contributed by atoms with Gasteiger partial charge >= 0.3 is 12.4 Å². The van der Waals surface area contributed by atoms with Crippen molar-refractivity contribution in [3.8, 4) is 11.4 Å². The molecule has 3 aromatic rings. The van der Waals surface area contributed by atoms with Gasteiger partial charge in [0.2, 0.25) is 0 Å². The average Bonchev–Trinajstić information content (AvgIpc) is 2.80. The van der Waals surface area contributed by atoms with Gasteiger partial charge in [0.25, 0.3) is 5.91 Å². The highest BCUT2D eigenvalue weighted by Gasteiger charge is 2.37. The number of rotatable bonds is 7. The minimum absolute atomic E-state index is 0.0213. The normalized spacial score (nSPS) is 12.9. The molecule has 0 spiro atoms. The largest absolute Gasteiger partial charge is 0.416 e. The molecular weight excluding hydrogens is 498 g/mol. The van der Waals surface area contributed by atoms with Crippen LogP contribution in [0.25, 0.3) is 11.4 Å². The lowest BCUT2D eigenvalue weighted by Gasteiger charge is -2.15. The van der Waals surface area contributed by atoms with Gasteiger partial charge in [0.05, 0.1) is 27.5 Å². The zero-order valence-corrected chi connectivity index (χ0v) is 19.0. The number of hydrogen-bond acceptors (Lipinski definition) is 4. The fraction of sp³-hybridized carbons (Fsp3) is 0.304. The van der Waals surface area contributed by atoms with E-state index in [0.29, 0.717) is 47.1 Å². The maximum Gasteiger partial charge on any atom is 0.416 e. The quantitative estimate of drug-likeness (QED) is 0.286. The molecule has 1 aromatic carbocycles. The van der Waals surface area contributed by atoms with Crippen LogP contribution in [0.4, 0.5) is 26.3 Å². The predicted octanol–water partition coefficient (Wildman–Crippen LogP) is 6.54. The molecule has 1 N–H and O–H groups in total. The Balaban J connectivity index is 1.65. The Morgan fingerprint density at radius 3 is 2.17 bits per heavy atom. The molecular formula is C23H19ClF6N4O. The summed E-state index contributed by atoms with van der Waals surface area (Å²) in [5.41, 5.74) is -2.02. The molecule has 0 aliphatic heterocycles. The Bertz CT molecular complexity index is 1150. The monoisotopic (exact) mass is 516 g/mol. The molecule has 35 heavy (non-hydrogen) atoms. The summed E-state index contributed by atoms with van der Waals surface area (Å²) in [5, 5.41) is 2.84. The molecule has 1 amide bonds. The van der Waals surface area contributed by atoms with E-state index in [4.69, 9.17) is 11.6 Å². The standard InChI is InChI=1S/C23H19ClF6N4O/c1-13(19-20(32-8-7-31-19)18-5-4-17(24)12-34-18)3-2-6-33-21(35)14-9-15(22(25,26)27)11-16(10-14)23(28,29)30/h4-5,7-13H,2-3,6H2,1H3,(H,33,35). The molecule has 0 saturated heterocycles. The van der Waals surface area contributed by atoms with E-state index in [1.807, 2.05) is 6.92 Å². The van der Waals surface area contributed by atoms with E-state index in [-0.39, 0.29) is 18.5 Å². The second-order valence-electron chi connectivity index (χ2n) is 7.75. The molecule has 0 saturated carbocycles. The summed E-state index contributed by atoms with van der Waals surface area (Å²) >= 11 is 5.87. The van der Waals surface area contributed by atoms with Crippen molar-refractivity contribution in [2.75, 3.05) is 6.54 Å². The first kappa shape index (κ1) is 26.4. The topological polar surface area (TPSA) is 67.8 Å². The molecule has 3 rings (SSSR count). The molecule has 1 atom stereocenters. The van der Waals surface area contributed by atoms with Crippen LogP contribution in [0.5, 0.6) is 0 Å². The summed E-state index contributed by atoms with van der Waals surface area (Å²) in [6.07, 6.45) is -4.63. The molecule has 0 fully saturated rings. The van der Waals surface area contributed by atoms with Crippen molar-refractivity contribution in [3.63, 3.8) is 0 Å². The third kappa shape index (κ3) is 6.91. The predicted molar refractivity (Wildman–Crippen MR) is 117 cm³/mol. The van der Waals surface area contributed by atoms with Crippen LogP contribution in [0.2, 0.25) is 5.02 Å². The Kier molecular flexibility index (Phi) is 7.99. The van der Waals surface area contributed by atoms with Gasteiger partial charge in [-0.1, -0.05) is 18.5 Å². The van der Waals surface area contributed by atoms with Gasteiger partial charge in [-0.05, 0) is 43.2 Å². The van der Waals surface area contributed by atoms with E-state index in [2.05, 4.69) is 20.3 Å². The van der Waals surface area contributed by atoms with Crippen molar-refractivity contribution in [2.24, 2.45) is 0 Å². The lowest BCUT2D eigenvalue weighted by Crippen LogP contribution is -2.26. The third-order valence-electron chi connectivity index (χ3n) is 5.11. The van der Waals surface area contributed by atoms with Crippen LogP contribution in [0.3, 0.4) is 0 Å². The van der Waals surface area contributed by atoms with E-state index >= 15 is 0 Å². The lowest BCUT2D eigenvalue weighted by atomic mass is 9.98. The molecule has 12 heteroatoms. The Labute approximate surface area is 201 Å². The van der Waals surface area contributed by atoms with Gasteiger partial charge in [-0.3, -0.25) is 19.7 Å². The van der Waals surface area contributed by atoms with Crippen molar-refractivity contribution in [1.29, 1.82) is 0 Å². The van der Waals surface area contributed by atoms with E-state index in [1.165, 1.54) is 18.6 Å². The van der Waals surface area contributed by atoms with E-state index < -0.39 is 35.0 Å². The van der Waals surface area contributed by atoms with Gasteiger partial charge in [0, 0.05) is 36.6 Å². The third-order valence-corrected chi connectivity index (χ3v) is 5.34. The van der Waals surface area contributed by atoms with Crippen molar-refractivity contribution in [3.05, 3.63) is 76.3 Å². The minimum Gasteiger partial charge on any atom is -0.352 e. The molecule has 0 bridgehead atoms. The average molecular weight is 517 g/mol. The number of halogens is 7. The number of hydrogen-bond donors (Lipinski definition) is 1. The number of amides is 1. The fourth-order valence-corrected chi connectivity index (χ4v) is 3.47. The highest BCUT2D eigenvalue weighted by Crippen LogP contribution is 2.36. The zero-order valence-electron chi connectivity index (χ0n) is 18.2. The van der Waals surface area contributed by atoms with Crippen LogP contribution in [-0.4, -0.2) is 27.4 Å². The minimum atomic E-state index is -5.03. The van der Waals surface area contributed by atoms with E-state index in [1.54, 1.807) is 12.1 Å².